The molecule has 110 valence electrons. The van der Waals surface area contributed by atoms with Crippen LogP contribution in [0.25, 0.3) is 0 Å². The van der Waals surface area contributed by atoms with Gasteiger partial charge in [0.15, 0.2) is 0 Å². The van der Waals surface area contributed by atoms with Crippen molar-refractivity contribution in [3.05, 3.63) is 35.4 Å². The van der Waals surface area contributed by atoms with Gasteiger partial charge in [-0.2, -0.15) is 0 Å². The number of carbonyl (C=O) groups excluding carboxylic acids is 1. The van der Waals surface area contributed by atoms with Crippen molar-refractivity contribution in [3.63, 3.8) is 0 Å². The van der Waals surface area contributed by atoms with Crippen LogP contribution in [0.2, 0.25) is 0 Å². The average molecular weight is 284 g/mol. The Morgan fingerprint density at radius 3 is 2.86 bits per heavy atom. The highest BCUT2D eigenvalue weighted by Gasteiger charge is 2.34. The fourth-order valence-corrected chi connectivity index (χ4v) is 3.26. The minimum Gasteiger partial charge on any atom is -0.384 e. The first-order valence-electron chi connectivity index (χ1n) is 7.49. The molecular formula is C17H20N2O2. The van der Waals surface area contributed by atoms with Crippen LogP contribution in [0, 0.1) is 17.8 Å². The van der Waals surface area contributed by atoms with Crippen LogP contribution >= 0.6 is 0 Å². The van der Waals surface area contributed by atoms with E-state index in [0.29, 0.717) is 11.5 Å². The summed E-state index contributed by atoms with van der Waals surface area (Å²) in [5, 5.41) is 11.9. The standard InChI is InChI=1S/C17H20N2O2/c20-10-2-4-13-3-1-5-15(11-13)17(21)18-16-12-19-8-6-14(16)7-9-19/h1,3,5,11,14,16,20H,6-10,12H2,(H,18,21). The van der Waals surface area contributed by atoms with Gasteiger partial charge < -0.3 is 15.3 Å². The molecule has 0 aliphatic carbocycles. The van der Waals surface area contributed by atoms with Gasteiger partial charge in [0.05, 0.1) is 0 Å². The lowest BCUT2D eigenvalue weighted by atomic mass is 9.84. The van der Waals surface area contributed by atoms with E-state index in [1.807, 2.05) is 12.1 Å². The highest BCUT2D eigenvalue weighted by Crippen LogP contribution is 2.27. The van der Waals surface area contributed by atoms with Gasteiger partial charge in [-0.05, 0) is 50.0 Å². The fourth-order valence-electron chi connectivity index (χ4n) is 3.26. The molecule has 3 aliphatic heterocycles. The lowest BCUT2D eigenvalue weighted by molar-refractivity contribution is 0.0620. The Bertz CT molecular complexity index is 580. The van der Waals surface area contributed by atoms with E-state index in [0.717, 1.165) is 12.1 Å². The summed E-state index contributed by atoms with van der Waals surface area (Å²) in [6, 6.07) is 7.52. The molecule has 4 rings (SSSR count). The van der Waals surface area contributed by atoms with Crippen molar-refractivity contribution >= 4 is 5.91 Å². The molecule has 3 saturated heterocycles. The maximum absolute atomic E-state index is 12.4. The van der Waals surface area contributed by atoms with Gasteiger partial charge >= 0.3 is 0 Å². The monoisotopic (exact) mass is 284 g/mol. The second-order valence-electron chi connectivity index (χ2n) is 5.76. The van der Waals surface area contributed by atoms with Crippen LogP contribution in [0.15, 0.2) is 24.3 Å². The van der Waals surface area contributed by atoms with Crippen LogP contribution in [0.4, 0.5) is 0 Å². The first-order chi connectivity index (χ1) is 10.3. The molecule has 1 aromatic carbocycles. The zero-order valence-electron chi connectivity index (χ0n) is 12.0. The van der Waals surface area contributed by atoms with Crippen LogP contribution in [0.1, 0.15) is 28.8 Å². The number of carbonyl (C=O) groups is 1. The summed E-state index contributed by atoms with van der Waals surface area (Å²) in [6.45, 7) is 3.14. The Balaban J connectivity index is 1.68. The van der Waals surface area contributed by atoms with Crippen molar-refractivity contribution in [2.24, 2.45) is 5.92 Å². The van der Waals surface area contributed by atoms with E-state index >= 15 is 0 Å². The van der Waals surface area contributed by atoms with Gasteiger partial charge in [0.25, 0.3) is 5.91 Å². The summed E-state index contributed by atoms with van der Waals surface area (Å²) >= 11 is 0. The first-order valence-corrected chi connectivity index (χ1v) is 7.49. The minimum atomic E-state index is -0.171. The van der Waals surface area contributed by atoms with Crippen LogP contribution < -0.4 is 5.32 Å². The molecule has 1 atom stereocenters. The second kappa shape index (κ2) is 6.30. The molecule has 4 nitrogen and oxygen atoms in total. The first kappa shape index (κ1) is 14.1. The SMILES string of the molecule is O=C(NC1CN2CCC1CC2)c1cccc(C#CCO)c1. The number of hydrogen-bond donors (Lipinski definition) is 2. The lowest BCUT2D eigenvalue weighted by Gasteiger charge is -2.44. The molecule has 21 heavy (non-hydrogen) atoms. The number of aliphatic hydroxyl groups is 1. The van der Waals surface area contributed by atoms with Gasteiger partial charge in [0.1, 0.15) is 6.61 Å². The highest BCUT2D eigenvalue weighted by atomic mass is 16.2. The third-order valence-corrected chi connectivity index (χ3v) is 4.41. The van der Waals surface area contributed by atoms with E-state index in [1.54, 1.807) is 12.1 Å². The third-order valence-electron chi connectivity index (χ3n) is 4.41. The Kier molecular flexibility index (Phi) is 4.23. The van der Waals surface area contributed by atoms with E-state index in [-0.39, 0.29) is 18.6 Å². The quantitative estimate of drug-likeness (QED) is 0.792. The molecular weight excluding hydrogens is 264 g/mol. The predicted octanol–water partition coefficient (Wildman–Crippen LogP) is 0.854. The number of piperidine rings is 3. The molecule has 3 aliphatic rings. The van der Waals surface area contributed by atoms with E-state index in [9.17, 15) is 4.79 Å². The van der Waals surface area contributed by atoms with Gasteiger partial charge in [0.2, 0.25) is 0 Å². The van der Waals surface area contributed by atoms with Crippen molar-refractivity contribution in [1.29, 1.82) is 0 Å². The number of hydrogen-bond acceptors (Lipinski definition) is 3. The molecule has 1 aromatic rings. The van der Waals surface area contributed by atoms with Crippen LogP contribution in [0.3, 0.4) is 0 Å². The largest absolute Gasteiger partial charge is 0.384 e. The number of nitrogens with zero attached hydrogens (tertiary/aromatic N) is 1. The van der Waals surface area contributed by atoms with Crippen molar-refractivity contribution in [3.8, 4) is 11.8 Å². The normalized spacial score (nSPS) is 26.8. The van der Waals surface area contributed by atoms with Crippen molar-refractivity contribution in [1.82, 2.24) is 10.2 Å². The van der Waals surface area contributed by atoms with Crippen molar-refractivity contribution < 1.29 is 9.90 Å². The summed E-state index contributed by atoms with van der Waals surface area (Å²) < 4.78 is 0. The van der Waals surface area contributed by atoms with Gasteiger partial charge in [-0.1, -0.05) is 17.9 Å². The zero-order chi connectivity index (χ0) is 14.7. The van der Waals surface area contributed by atoms with Crippen LogP contribution in [-0.2, 0) is 0 Å². The third kappa shape index (κ3) is 3.26. The summed E-state index contributed by atoms with van der Waals surface area (Å²) in [5.74, 6) is 6.03. The number of aliphatic hydroxyl groups excluding tert-OH is 1. The molecule has 0 aromatic heterocycles. The Morgan fingerprint density at radius 1 is 1.38 bits per heavy atom. The topological polar surface area (TPSA) is 52.6 Å². The number of nitrogens with one attached hydrogen (secondary N) is 1. The Labute approximate surface area is 125 Å². The fraction of sp³-hybridized carbons (Fsp3) is 0.471. The molecule has 1 unspecified atom stereocenters. The van der Waals surface area contributed by atoms with E-state index in [4.69, 9.17) is 5.11 Å². The second-order valence-corrected chi connectivity index (χ2v) is 5.76. The van der Waals surface area contributed by atoms with Crippen molar-refractivity contribution in [2.45, 2.75) is 18.9 Å². The molecule has 3 heterocycles. The van der Waals surface area contributed by atoms with Crippen LogP contribution in [-0.4, -0.2) is 48.2 Å². The van der Waals surface area contributed by atoms with Crippen LogP contribution in [0.5, 0.6) is 0 Å². The maximum Gasteiger partial charge on any atom is 0.251 e. The summed E-state index contributed by atoms with van der Waals surface area (Å²) in [6.07, 6.45) is 2.37. The van der Waals surface area contributed by atoms with Gasteiger partial charge in [-0.25, -0.2) is 0 Å². The van der Waals surface area contributed by atoms with Gasteiger partial charge in [-0.3, -0.25) is 4.79 Å². The zero-order valence-corrected chi connectivity index (χ0v) is 12.0. The van der Waals surface area contributed by atoms with E-state index < -0.39 is 0 Å². The lowest BCUT2D eigenvalue weighted by Crippen LogP contribution is -2.57. The number of fused-ring (bicyclic) bond motifs is 3. The molecule has 2 N–H and O–H groups in total. The minimum absolute atomic E-state index is 0.0265. The molecule has 0 radical (unpaired) electrons. The van der Waals surface area contributed by atoms with E-state index in [2.05, 4.69) is 22.1 Å². The molecule has 1 amide bonds. The Hall–Kier alpha value is -1.83. The number of rotatable bonds is 2. The Morgan fingerprint density at radius 2 is 2.19 bits per heavy atom. The summed E-state index contributed by atoms with van der Waals surface area (Å²) in [5.41, 5.74) is 1.39. The molecule has 0 saturated carbocycles. The number of benzene rings is 1. The molecule has 0 spiro atoms. The molecule has 2 bridgehead atoms. The average Bonchev–Trinajstić information content (AvgIpc) is 2.54. The maximum atomic E-state index is 12.4. The smallest absolute Gasteiger partial charge is 0.251 e. The van der Waals surface area contributed by atoms with E-state index in [1.165, 1.54) is 25.9 Å². The molecule has 4 heteroatoms. The van der Waals surface area contributed by atoms with Gasteiger partial charge in [0, 0.05) is 23.7 Å². The number of amides is 1. The van der Waals surface area contributed by atoms with Gasteiger partial charge in [-0.15, -0.1) is 0 Å². The highest BCUT2D eigenvalue weighted by molar-refractivity contribution is 5.94. The molecule has 3 fully saturated rings. The van der Waals surface area contributed by atoms with Crippen molar-refractivity contribution in [2.75, 3.05) is 26.2 Å². The summed E-state index contributed by atoms with van der Waals surface area (Å²) in [7, 11) is 0. The summed E-state index contributed by atoms with van der Waals surface area (Å²) in [4.78, 5) is 14.8. The predicted molar refractivity (Wildman–Crippen MR) is 80.8 cm³/mol.